The molecule has 27 heavy (non-hydrogen) atoms. The number of hydrogen-bond acceptors (Lipinski definition) is 3. The van der Waals surface area contributed by atoms with Crippen LogP contribution in [0.1, 0.15) is 41.5 Å². The molecule has 1 heterocycles. The third kappa shape index (κ3) is 3.87. The van der Waals surface area contributed by atoms with Gasteiger partial charge in [-0.3, -0.25) is 9.89 Å². The zero-order valence-corrected chi connectivity index (χ0v) is 15.3. The van der Waals surface area contributed by atoms with Crippen molar-refractivity contribution in [3.05, 3.63) is 77.5 Å². The molecule has 1 aromatic heterocycles. The number of anilines is 1. The van der Waals surface area contributed by atoms with Crippen LogP contribution >= 0.6 is 0 Å². The maximum absolute atomic E-state index is 12.2. The van der Waals surface area contributed by atoms with Crippen molar-refractivity contribution < 1.29 is 9.53 Å². The van der Waals surface area contributed by atoms with Gasteiger partial charge >= 0.3 is 0 Å². The molecule has 1 fully saturated rings. The van der Waals surface area contributed by atoms with Crippen LogP contribution in [0.5, 0.6) is 5.75 Å². The second kappa shape index (κ2) is 7.66. The number of carbonyl (C=O) groups is 1. The molecule has 3 aromatic rings. The van der Waals surface area contributed by atoms with Gasteiger partial charge in [0.15, 0.2) is 0 Å². The Hall–Kier alpha value is -3.08. The Balaban J connectivity index is 1.33. The minimum atomic E-state index is -0.0445. The predicted octanol–water partition coefficient (Wildman–Crippen LogP) is 4.26. The van der Waals surface area contributed by atoms with E-state index in [-0.39, 0.29) is 5.91 Å². The van der Waals surface area contributed by atoms with Crippen LogP contribution in [-0.4, -0.2) is 23.2 Å². The molecule has 4 rings (SSSR count). The summed E-state index contributed by atoms with van der Waals surface area (Å²) in [5, 5.41) is 10.2. The molecule has 0 spiro atoms. The quantitative estimate of drug-likeness (QED) is 0.689. The van der Waals surface area contributed by atoms with Crippen molar-refractivity contribution in [3.63, 3.8) is 0 Å². The van der Waals surface area contributed by atoms with Crippen LogP contribution in [0.2, 0.25) is 0 Å². The van der Waals surface area contributed by atoms with Crippen LogP contribution < -0.4 is 10.1 Å². The highest BCUT2D eigenvalue weighted by atomic mass is 16.5. The molecule has 0 unspecified atom stereocenters. The molecule has 1 aliphatic carbocycles. The highest BCUT2D eigenvalue weighted by Crippen LogP contribution is 2.49. The molecule has 5 nitrogen and oxygen atoms in total. The van der Waals surface area contributed by atoms with E-state index in [1.54, 1.807) is 7.11 Å². The Morgan fingerprint density at radius 3 is 2.63 bits per heavy atom. The van der Waals surface area contributed by atoms with E-state index in [4.69, 9.17) is 4.74 Å². The SMILES string of the molecule is COc1ccccc1[C@H]1C[C@@H](c2cc(NC(=O)Cc3ccccc3)[nH]n2)C1. The second-order valence-corrected chi connectivity index (χ2v) is 7.02. The zero-order valence-electron chi connectivity index (χ0n) is 15.3. The van der Waals surface area contributed by atoms with Gasteiger partial charge in [0.1, 0.15) is 11.6 Å². The molecule has 1 amide bonds. The first-order valence-corrected chi connectivity index (χ1v) is 9.25. The summed E-state index contributed by atoms with van der Waals surface area (Å²) in [6.45, 7) is 0. The fourth-order valence-corrected chi connectivity index (χ4v) is 3.70. The van der Waals surface area contributed by atoms with Gasteiger partial charge in [0.25, 0.3) is 0 Å². The first-order valence-electron chi connectivity index (χ1n) is 9.25. The van der Waals surface area contributed by atoms with E-state index in [9.17, 15) is 4.79 Å². The lowest BCUT2D eigenvalue weighted by Crippen LogP contribution is -2.21. The first kappa shape index (κ1) is 17.3. The number of nitrogens with zero attached hydrogens (tertiary/aromatic N) is 1. The fraction of sp³-hybridized carbons (Fsp3) is 0.273. The van der Waals surface area contributed by atoms with E-state index in [1.165, 1.54) is 5.56 Å². The van der Waals surface area contributed by atoms with Crippen LogP contribution in [0.15, 0.2) is 60.7 Å². The molecule has 5 heteroatoms. The molecule has 0 aliphatic heterocycles. The number of para-hydroxylation sites is 1. The van der Waals surface area contributed by atoms with Gasteiger partial charge in [0, 0.05) is 12.0 Å². The normalized spacial score (nSPS) is 18.6. The summed E-state index contributed by atoms with van der Waals surface area (Å²) in [6.07, 6.45) is 2.44. The summed E-state index contributed by atoms with van der Waals surface area (Å²) in [6, 6.07) is 19.9. The Bertz CT molecular complexity index is 914. The molecular formula is C22H23N3O2. The van der Waals surface area contributed by atoms with E-state index in [0.29, 0.717) is 24.1 Å². The third-order valence-electron chi connectivity index (χ3n) is 5.21. The van der Waals surface area contributed by atoms with Crippen molar-refractivity contribution in [1.29, 1.82) is 0 Å². The molecule has 0 saturated heterocycles. The molecule has 0 atom stereocenters. The van der Waals surface area contributed by atoms with E-state index in [0.717, 1.165) is 29.8 Å². The standard InChI is InChI=1S/C22H23N3O2/c1-27-20-10-6-5-9-18(20)16-12-17(13-16)19-14-21(25-24-19)23-22(26)11-15-7-3-2-4-8-15/h2-10,14,16-17H,11-13H2,1H3,(H2,23,24,25,26)/t16-,17+. The van der Waals surface area contributed by atoms with Gasteiger partial charge < -0.3 is 10.1 Å². The molecule has 2 N–H and O–H groups in total. The van der Waals surface area contributed by atoms with Crippen molar-refractivity contribution in [3.8, 4) is 5.75 Å². The Labute approximate surface area is 158 Å². The minimum absolute atomic E-state index is 0.0445. The summed E-state index contributed by atoms with van der Waals surface area (Å²) >= 11 is 0. The lowest BCUT2D eigenvalue weighted by atomic mass is 9.70. The van der Waals surface area contributed by atoms with Gasteiger partial charge in [-0.25, -0.2) is 0 Å². The summed E-state index contributed by atoms with van der Waals surface area (Å²) in [4.78, 5) is 12.2. The van der Waals surface area contributed by atoms with Crippen LogP contribution in [0.3, 0.4) is 0 Å². The third-order valence-corrected chi connectivity index (χ3v) is 5.21. The van der Waals surface area contributed by atoms with Crippen LogP contribution in [0.25, 0.3) is 0 Å². The summed E-state index contributed by atoms with van der Waals surface area (Å²) in [7, 11) is 1.72. The van der Waals surface area contributed by atoms with Crippen LogP contribution in [0, 0.1) is 0 Å². The maximum Gasteiger partial charge on any atom is 0.229 e. The van der Waals surface area contributed by atoms with Gasteiger partial charge in [-0.05, 0) is 36.0 Å². The monoisotopic (exact) mass is 361 g/mol. The van der Waals surface area contributed by atoms with Crippen LogP contribution in [-0.2, 0) is 11.2 Å². The molecule has 0 bridgehead atoms. The topological polar surface area (TPSA) is 67.0 Å². The van der Waals surface area contributed by atoms with Crippen LogP contribution in [0.4, 0.5) is 5.82 Å². The fourth-order valence-electron chi connectivity index (χ4n) is 3.70. The average molecular weight is 361 g/mol. The van der Waals surface area contributed by atoms with Gasteiger partial charge in [-0.15, -0.1) is 0 Å². The molecule has 0 radical (unpaired) electrons. The number of nitrogens with one attached hydrogen (secondary N) is 2. The number of benzene rings is 2. The van der Waals surface area contributed by atoms with Gasteiger partial charge in [0.05, 0.1) is 19.2 Å². The number of aromatic nitrogens is 2. The molecular weight excluding hydrogens is 338 g/mol. The number of rotatable bonds is 6. The van der Waals surface area contributed by atoms with Crippen molar-refractivity contribution in [1.82, 2.24) is 10.2 Å². The van der Waals surface area contributed by atoms with E-state index < -0.39 is 0 Å². The lowest BCUT2D eigenvalue weighted by molar-refractivity contribution is -0.115. The number of aromatic amines is 1. The summed E-state index contributed by atoms with van der Waals surface area (Å²) < 4.78 is 5.47. The predicted molar refractivity (Wildman–Crippen MR) is 105 cm³/mol. The number of carbonyl (C=O) groups excluding carboxylic acids is 1. The molecule has 1 aliphatic rings. The second-order valence-electron chi connectivity index (χ2n) is 7.02. The van der Waals surface area contributed by atoms with Gasteiger partial charge in [-0.2, -0.15) is 5.10 Å². The number of H-pyrrole nitrogens is 1. The first-order chi connectivity index (χ1) is 13.2. The van der Waals surface area contributed by atoms with Gasteiger partial charge in [-0.1, -0.05) is 48.5 Å². The molecule has 138 valence electrons. The Morgan fingerprint density at radius 2 is 1.85 bits per heavy atom. The smallest absolute Gasteiger partial charge is 0.229 e. The molecule has 1 saturated carbocycles. The maximum atomic E-state index is 12.2. The largest absolute Gasteiger partial charge is 0.496 e. The highest BCUT2D eigenvalue weighted by molar-refractivity contribution is 5.91. The number of hydrogen-bond donors (Lipinski definition) is 2. The molecule has 2 aromatic carbocycles. The minimum Gasteiger partial charge on any atom is -0.496 e. The van der Waals surface area contributed by atoms with E-state index in [1.807, 2.05) is 48.5 Å². The van der Waals surface area contributed by atoms with Gasteiger partial charge in [0.2, 0.25) is 5.91 Å². The number of ether oxygens (including phenoxy) is 1. The Morgan fingerprint density at radius 1 is 1.11 bits per heavy atom. The average Bonchev–Trinajstić information content (AvgIpc) is 3.09. The zero-order chi connectivity index (χ0) is 18.6. The number of amides is 1. The highest BCUT2D eigenvalue weighted by Gasteiger charge is 2.34. The van der Waals surface area contributed by atoms with Crippen molar-refractivity contribution in [2.24, 2.45) is 0 Å². The Kier molecular flexibility index (Phi) is 4.92. The summed E-state index contributed by atoms with van der Waals surface area (Å²) in [5.74, 6) is 2.48. The lowest BCUT2D eigenvalue weighted by Gasteiger charge is -2.35. The number of methoxy groups -OCH3 is 1. The van der Waals surface area contributed by atoms with Crippen molar-refractivity contribution in [2.75, 3.05) is 12.4 Å². The van der Waals surface area contributed by atoms with E-state index >= 15 is 0 Å². The van der Waals surface area contributed by atoms with Crippen molar-refractivity contribution in [2.45, 2.75) is 31.1 Å². The van der Waals surface area contributed by atoms with Crippen molar-refractivity contribution >= 4 is 11.7 Å². The summed E-state index contributed by atoms with van der Waals surface area (Å²) in [5.41, 5.74) is 3.27. The van der Waals surface area contributed by atoms with E-state index in [2.05, 4.69) is 27.6 Å².